The summed E-state index contributed by atoms with van der Waals surface area (Å²) < 4.78 is 10.6. The molecule has 0 aromatic heterocycles. The summed E-state index contributed by atoms with van der Waals surface area (Å²) in [5.41, 5.74) is 0.761. The van der Waals surface area contributed by atoms with Crippen LogP contribution in [0.25, 0.3) is 0 Å². The molecule has 4 heteroatoms. The van der Waals surface area contributed by atoms with Crippen molar-refractivity contribution in [3.8, 4) is 5.75 Å². The highest BCUT2D eigenvalue weighted by Crippen LogP contribution is 2.17. The van der Waals surface area contributed by atoms with E-state index >= 15 is 0 Å². The van der Waals surface area contributed by atoms with E-state index < -0.39 is 11.9 Å². The van der Waals surface area contributed by atoms with Gasteiger partial charge in [-0.05, 0) is 48.9 Å². The topological polar surface area (TPSA) is 52.6 Å². The van der Waals surface area contributed by atoms with E-state index in [0.717, 1.165) is 6.42 Å². The first-order valence-electron chi connectivity index (χ1n) is 7.67. The SMILES string of the molecule is O=C(OC1=CC=CCC1)c1ccc(C(=O)Oc2ccccc2)cc1. The van der Waals surface area contributed by atoms with Crippen molar-refractivity contribution in [2.75, 3.05) is 0 Å². The van der Waals surface area contributed by atoms with Gasteiger partial charge in [0.1, 0.15) is 11.5 Å². The number of para-hydroxylation sites is 1. The summed E-state index contributed by atoms with van der Waals surface area (Å²) in [6.07, 6.45) is 7.25. The maximum absolute atomic E-state index is 12.1. The van der Waals surface area contributed by atoms with Crippen molar-refractivity contribution in [2.24, 2.45) is 0 Å². The van der Waals surface area contributed by atoms with E-state index in [4.69, 9.17) is 9.47 Å². The lowest BCUT2D eigenvalue weighted by atomic mass is 10.1. The molecule has 2 aromatic rings. The maximum atomic E-state index is 12.1. The van der Waals surface area contributed by atoms with E-state index in [1.54, 1.807) is 54.6 Å². The molecule has 0 fully saturated rings. The van der Waals surface area contributed by atoms with Crippen LogP contribution in [0.4, 0.5) is 0 Å². The molecule has 0 aliphatic heterocycles. The minimum absolute atomic E-state index is 0.371. The third-order valence-electron chi connectivity index (χ3n) is 3.51. The van der Waals surface area contributed by atoms with Gasteiger partial charge in [-0.1, -0.05) is 30.4 Å². The summed E-state index contributed by atoms with van der Waals surface area (Å²) in [7, 11) is 0. The first-order chi connectivity index (χ1) is 11.7. The van der Waals surface area contributed by atoms with Gasteiger partial charge in [-0.15, -0.1) is 0 Å². The highest BCUT2D eigenvalue weighted by molar-refractivity contribution is 5.94. The third-order valence-corrected chi connectivity index (χ3v) is 3.51. The normalized spacial score (nSPS) is 13.1. The van der Waals surface area contributed by atoms with Gasteiger partial charge in [-0.25, -0.2) is 9.59 Å². The van der Waals surface area contributed by atoms with Gasteiger partial charge in [0, 0.05) is 6.42 Å². The molecule has 24 heavy (non-hydrogen) atoms. The Morgan fingerprint density at radius 1 is 0.792 bits per heavy atom. The van der Waals surface area contributed by atoms with Gasteiger partial charge in [0.05, 0.1) is 11.1 Å². The van der Waals surface area contributed by atoms with Crippen LogP contribution in [0.15, 0.2) is 78.6 Å². The zero-order chi connectivity index (χ0) is 16.8. The molecular formula is C20H16O4. The molecule has 0 N–H and O–H groups in total. The Balaban J connectivity index is 1.64. The van der Waals surface area contributed by atoms with Crippen LogP contribution in [0.5, 0.6) is 5.75 Å². The van der Waals surface area contributed by atoms with Gasteiger partial charge < -0.3 is 9.47 Å². The number of rotatable bonds is 4. The minimum Gasteiger partial charge on any atom is -0.427 e. The molecule has 0 saturated heterocycles. The van der Waals surface area contributed by atoms with Crippen molar-refractivity contribution in [1.82, 2.24) is 0 Å². The molecule has 0 saturated carbocycles. The summed E-state index contributed by atoms with van der Waals surface area (Å²) in [5, 5.41) is 0. The van der Waals surface area contributed by atoms with Gasteiger partial charge >= 0.3 is 11.9 Å². The average Bonchev–Trinajstić information content (AvgIpc) is 2.63. The van der Waals surface area contributed by atoms with Crippen LogP contribution in [0.1, 0.15) is 33.6 Å². The highest BCUT2D eigenvalue weighted by atomic mass is 16.5. The summed E-state index contributed by atoms with van der Waals surface area (Å²) in [6, 6.07) is 15.1. The van der Waals surface area contributed by atoms with Crippen LogP contribution >= 0.6 is 0 Å². The van der Waals surface area contributed by atoms with Gasteiger partial charge in [0.2, 0.25) is 0 Å². The van der Waals surface area contributed by atoms with Crippen LogP contribution in [-0.4, -0.2) is 11.9 Å². The molecule has 0 amide bonds. The summed E-state index contributed by atoms with van der Waals surface area (Å²) in [5.74, 6) is 0.221. The number of hydrogen-bond donors (Lipinski definition) is 0. The number of esters is 2. The van der Waals surface area contributed by atoms with Crippen molar-refractivity contribution < 1.29 is 19.1 Å². The van der Waals surface area contributed by atoms with Gasteiger partial charge in [0.15, 0.2) is 0 Å². The fourth-order valence-corrected chi connectivity index (χ4v) is 2.24. The first kappa shape index (κ1) is 15.7. The first-order valence-corrected chi connectivity index (χ1v) is 7.67. The van der Waals surface area contributed by atoms with Crippen molar-refractivity contribution in [1.29, 1.82) is 0 Å². The smallest absolute Gasteiger partial charge is 0.343 e. The van der Waals surface area contributed by atoms with E-state index in [1.165, 1.54) is 0 Å². The number of hydrogen-bond acceptors (Lipinski definition) is 4. The maximum Gasteiger partial charge on any atom is 0.343 e. The van der Waals surface area contributed by atoms with Crippen LogP contribution in [0.3, 0.4) is 0 Å². The molecule has 3 rings (SSSR count). The molecule has 0 radical (unpaired) electrons. The van der Waals surface area contributed by atoms with Gasteiger partial charge in [-0.3, -0.25) is 0 Å². The predicted molar refractivity (Wildman–Crippen MR) is 89.7 cm³/mol. The molecule has 120 valence electrons. The average molecular weight is 320 g/mol. The zero-order valence-corrected chi connectivity index (χ0v) is 13.0. The standard InChI is InChI=1S/C20H16O4/c21-19(23-17-7-3-1-4-8-17)15-11-13-16(14-12-15)20(22)24-18-9-5-2-6-10-18/h1-5,7-9,11-14H,6,10H2. The number of carbonyl (C=O) groups excluding carboxylic acids is 2. The minimum atomic E-state index is -0.471. The van der Waals surface area contributed by atoms with E-state index in [2.05, 4.69) is 0 Å². The number of ether oxygens (including phenoxy) is 2. The molecule has 1 aliphatic carbocycles. The lowest BCUT2D eigenvalue weighted by Crippen LogP contribution is -2.10. The lowest BCUT2D eigenvalue weighted by molar-refractivity contribution is 0.0612. The Kier molecular flexibility index (Phi) is 4.87. The van der Waals surface area contributed by atoms with Crippen molar-refractivity contribution >= 4 is 11.9 Å². The van der Waals surface area contributed by atoms with Crippen LogP contribution in [0, 0.1) is 0 Å². The molecule has 1 aliphatic rings. The molecule has 0 heterocycles. The number of allylic oxidation sites excluding steroid dienone is 4. The van der Waals surface area contributed by atoms with E-state index in [-0.39, 0.29) is 0 Å². The Morgan fingerprint density at radius 3 is 2.00 bits per heavy atom. The van der Waals surface area contributed by atoms with Gasteiger partial charge in [-0.2, -0.15) is 0 Å². The molecule has 0 unspecified atom stereocenters. The Hall–Kier alpha value is -3.14. The molecule has 0 bridgehead atoms. The van der Waals surface area contributed by atoms with Crippen LogP contribution < -0.4 is 4.74 Å². The molecule has 4 nitrogen and oxygen atoms in total. The second-order valence-corrected chi connectivity index (χ2v) is 5.27. The highest BCUT2D eigenvalue weighted by Gasteiger charge is 2.13. The van der Waals surface area contributed by atoms with Crippen molar-refractivity contribution in [3.05, 3.63) is 89.7 Å². The summed E-state index contributed by atoms with van der Waals surface area (Å²) in [6.45, 7) is 0. The van der Waals surface area contributed by atoms with Crippen LogP contribution in [-0.2, 0) is 4.74 Å². The van der Waals surface area contributed by atoms with Crippen molar-refractivity contribution in [3.63, 3.8) is 0 Å². The largest absolute Gasteiger partial charge is 0.427 e. The lowest BCUT2D eigenvalue weighted by Gasteiger charge is -2.10. The van der Waals surface area contributed by atoms with E-state index in [0.29, 0.717) is 29.1 Å². The molecular weight excluding hydrogens is 304 g/mol. The Bertz CT molecular complexity index is 786. The second-order valence-electron chi connectivity index (χ2n) is 5.27. The number of benzene rings is 2. The summed E-state index contributed by atoms with van der Waals surface area (Å²) in [4.78, 5) is 24.1. The molecule has 2 aromatic carbocycles. The van der Waals surface area contributed by atoms with E-state index in [1.807, 2.05) is 18.2 Å². The Morgan fingerprint density at radius 2 is 1.42 bits per heavy atom. The third kappa shape index (κ3) is 3.98. The summed E-state index contributed by atoms with van der Waals surface area (Å²) >= 11 is 0. The fraction of sp³-hybridized carbons (Fsp3) is 0.100. The number of carbonyl (C=O) groups is 2. The fourth-order valence-electron chi connectivity index (χ4n) is 2.24. The monoisotopic (exact) mass is 320 g/mol. The van der Waals surface area contributed by atoms with Crippen molar-refractivity contribution in [2.45, 2.75) is 12.8 Å². The molecule has 0 atom stereocenters. The van der Waals surface area contributed by atoms with Crippen LogP contribution in [0.2, 0.25) is 0 Å². The second kappa shape index (κ2) is 7.42. The molecule has 0 spiro atoms. The Labute approximate surface area is 140 Å². The van der Waals surface area contributed by atoms with E-state index in [9.17, 15) is 9.59 Å². The van der Waals surface area contributed by atoms with Gasteiger partial charge in [0.25, 0.3) is 0 Å². The quantitative estimate of drug-likeness (QED) is 0.622. The predicted octanol–water partition coefficient (Wildman–Crippen LogP) is 4.30. The zero-order valence-electron chi connectivity index (χ0n) is 13.0.